The topological polar surface area (TPSA) is 56.7 Å². The first-order chi connectivity index (χ1) is 6.27. The molecule has 0 bridgehead atoms. The maximum Gasteiger partial charge on any atom is 0.146 e. The second kappa shape index (κ2) is 5.53. The number of anilines is 1. The van der Waals surface area contributed by atoms with Crippen molar-refractivity contribution in [2.45, 2.75) is 0 Å². The molecule has 1 aromatic heterocycles. The molecule has 0 aliphatic rings. The van der Waals surface area contributed by atoms with E-state index in [1.165, 1.54) is 16.8 Å². The van der Waals surface area contributed by atoms with Crippen LogP contribution in [0.1, 0.15) is 0 Å². The van der Waals surface area contributed by atoms with Gasteiger partial charge in [-0.15, -0.1) is 29.9 Å². The average Bonchev–Trinajstić information content (AvgIpc) is 2.62. The third-order valence-corrected chi connectivity index (χ3v) is 1.67. The lowest BCUT2D eigenvalue weighted by atomic mass is 10.3. The van der Waals surface area contributed by atoms with Gasteiger partial charge in [0.1, 0.15) is 5.82 Å². The molecule has 4 nitrogen and oxygen atoms in total. The third kappa shape index (κ3) is 2.81. The molecule has 0 unspecified atom stereocenters. The van der Waals surface area contributed by atoms with Crippen LogP contribution in [0.4, 0.5) is 10.1 Å². The predicted octanol–water partition coefficient (Wildman–Crippen LogP) is 1.83. The highest BCUT2D eigenvalue weighted by molar-refractivity contribution is 5.85. The number of benzene rings is 1. The lowest BCUT2D eigenvalue weighted by Crippen LogP contribution is -1.98. The number of nitrogens with zero attached hydrogens (tertiary/aromatic N) is 3. The summed E-state index contributed by atoms with van der Waals surface area (Å²) in [5.74, 6) is -0.427. The van der Waals surface area contributed by atoms with Crippen molar-refractivity contribution in [2.75, 3.05) is 5.73 Å². The molecule has 2 aromatic rings. The summed E-state index contributed by atoms with van der Waals surface area (Å²) in [6, 6.07) is 4.39. The number of rotatable bonds is 1. The van der Waals surface area contributed by atoms with E-state index >= 15 is 0 Å². The van der Waals surface area contributed by atoms with Crippen LogP contribution in [0.3, 0.4) is 0 Å². The van der Waals surface area contributed by atoms with Gasteiger partial charge in [-0.2, -0.15) is 0 Å². The van der Waals surface area contributed by atoms with Gasteiger partial charge in [0.15, 0.2) is 0 Å². The Balaban J connectivity index is 0.000000980. The molecule has 2 N–H and O–H groups in total. The van der Waals surface area contributed by atoms with Crippen LogP contribution in [-0.2, 0) is 0 Å². The van der Waals surface area contributed by atoms with Gasteiger partial charge in [0.2, 0.25) is 0 Å². The van der Waals surface area contributed by atoms with Gasteiger partial charge in [-0.1, -0.05) is 5.21 Å². The van der Waals surface area contributed by atoms with Crippen LogP contribution in [0.25, 0.3) is 5.69 Å². The minimum Gasteiger partial charge on any atom is -0.396 e. The van der Waals surface area contributed by atoms with Crippen LogP contribution < -0.4 is 5.73 Å². The maximum absolute atomic E-state index is 12.8. The van der Waals surface area contributed by atoms with Crippen molar-refractivity contribution in [3.8, 4) is 5.69 Å². The Kier molecular flexibility index (Phi) is 5.04. The number of nitrogen functional groups attached to an aromatic ring is 1. The molecule has 82 valence electrons. The lowest BCUT2D eigenvalue weighted by Gasteiger charge is -2.01. The highest BCUT2D eigenvalue weighted by atomic mass is 35.5. The molecule has 0 amide bonds. The zero-order chi connectivity index (χ0) is 9.26. The number of hydrogen-bond donors (Lipinski definition) is 1. The number of hydrogen-bond acceptors (Lipinski definition) is 3. The van der Waals surface area contributed by atoms with E-state index in [4.69, 9.17) is 5.73 Å². The van der Waals surface area contributed by atoms with E-state index in [2.05, 4.69) is 10.3 Å². The van der Waals surface area contributed by atoms with Gasteiger partial charge in [-0.25, -0.2) is 9.07 Å². The number of nitrogens with two attached hydrogens (primary N) is 1. The van der Waals surface area contributed by atoms with Crippen molar-refractivity contribution in [1.82, 2.24) is 15.0 Å². The first kappa shape index (κ1) is 13.7. The molecule has 0 aliphatic carbocycles. The smallest absolute Gasteiger partial charge is 0.146 e. The molecule has 0 radical (unpaired) electrons. The summed E-state index contributed by atoms with van der Waals surface area (Å²) in [7, 11) is 0. The van der Waals surface area contributed by atoms with E-state index < -0.39 is 5.82 Å². The van der Waals surface area contributed by atoms with Crippen LogP contribution in [-0.4, -0.2) is 15.0 Å². The number of aromatic nitrogens is 3. The van der Waals surface area contributed by atoms with E-state index in [0.717, 1.165) is 0 Å². The van der Waals surface area contributed by atoms with Crippen molar-refractivity contribution in [2.24, 2.45) is 0 Å². The molecule has 15 heavy (non-hydrogen) atoms. The Morgan fingerprint density at radius 1 is 1.27 bits per heavy atom. The number of halogens is 3. The van der Waals surface area contributed by atoms with Gasteiger partial charge in [0.05, 0.1) is 23.8 Å². The van der Waals surface area contributed by atoms with E-state index in [0.29, 0.717) is 5.69 Å². The molecule has 0 fully saturated rings. The highest BCUT2D eigenvalue weighted by Crippen LogP contribution is 2.14. The minimum absolute atomic E-state index is 0. The van der Waals surface area contributed by atoms with Gasteiger partial charge in [0.25, 0.3) is 0 Å². The Bertz CT molecular complexity index is 419. The normalized spacial score (nSPS) is 8.87. The SMILES string of the molecule is Cl.Cl.Nc1cc(-n2ccnn2)ccc1F. The third-order valence-electron chi connectivity index (χ3n) is 1.67. The summed E-state index contributed by atoms with van der Waals surface area (Å²) in [6.45, 7) is 0. The molecule has 0 saturated heterocycles. The Labute approximate surface area is 98.1 Å². The quantitative estimate of drug-likeness (QED) is 0.786. The highest BCUT2D eigenvalue weighted by Gasteiger charge is 2.01. The van der Waals surface area contributed by atoms with Gasteiger partial charge >= 0.3 is 0 Å². The molecule has 7 heteroatoms. The summed E-state index contributed by atoms with van der Waals surface area (Å²) in [5.41, 5.74) is 6.19. The van der Waals surface area contributed by atoms with E-state index in [1.54, 1.807) is 18.5 Å². The molecule has 1 aromatic carbocycles. The predicted molar refractivity (Wildman–Crippen MR) is 60.2 cm³/mol. The molecular formula is C8H9Cl2FN4. The summed E-state index contributed by atoms with van der Waals surface area (Å²) < 4.78 is 14.3. The molecular weight excluding hydrogens is 242 g/mol. The van der Waals surface area contributed by atoms with Gasteiger partial charge in [-0.3, -0.25) is 0 Å². The summed E-state index contributed by atoms with van der Waals surface area (Å²) >= 11 is 0. The fourth-order valence-corrected chi connectivity index (χ4v) is 1.02. The second-order valence-corrected chi connectivity index (χ2v) is 2.55. The monoisotopic (exact) mass is 250 g/mol. The average molecular weight is 251 g/mol. The molecule has 0 saturated carbocycles. The van der Waals surface area contributed by atoms with Crippen LogP contribution in [0, 0.1) is 5.82 Å². The Morgan fingerprint density at radius 2 is 2.00 bits per heavy atom. The van der Waals surface area contributed by atoms with Gasteiger partial charge in [0, 0.05) is 0 Å². The van der Waals surface area contributed by atoms with Gasteiger partial charge < -0.3 is 5.73 Å². The molecule has 1 heterocycles. The fraction of sp³-hybridized carbons (Fsp3) is 0. The Morgan fingerprint density at radius 3 is 2.53 bits per heavy atom. The van der Waals surface area contributed by atoms with Gasteiger partial charge in [-0.05, 0) is 18.2 Å². The molecule has 0 aliphatic heterocycles. The lowest BCUT2D eigenvalue weighted by molar-refractivity contribution is 0.631. The van der Waals surface area contributed by atoms with Crippen molar-refractivity contribution in [1.29, 1.82) is 0 Å². The largest absolute Gasteiger partial charge is 0.396 e. The van der Waals surface area contributed by atoms with Crippen LogP contribution in [0.5, 0.6) is 0 Å². The van der Waals surface area contributed by atoms with E-state index in [9.17, 15) is 4.39 Å². The molecule has 2 rings (SSSR count). The summed E-state index contributed by atoms with van der Waals surface area (Å²) in [4.78, 5) is 0. The second-order valence-electron chi connectivity index (χ2n) is 2.55. The summed E-state index contributed by atoms with van der Waals surface area (Å²) in [5, 5.41) is 7.37. The van der Waals surface area contributed by atoms with Crippen LogP contribution in [0.15, 0.2) is 30.6 Å². The van der Waals surface area contributed by atoms with E-state index in [1.807, 2.05) is 0 Å². The Hall–Kier alpha value is -1.33. The zero-order valence-corrected chi connectivity index (χ0v) is 9.13. The first-order valence-electron chi connectivity index (χ1n) is 3.69. The molecule has 0 atom stereocenters. The van der Waals surface area contributed by atoms with Crippen molar-refractivity contribution < 1.29 is 4.39 Å². The fourth-order valence-electron chi connectivity index (χ4n) is 1.02. The first-order valence-corrected chi connectivity index (χ1v) is 3.69. The van der Waals surface area contributed by atoms with Crippen LogP contribution >= 0.6 is 24.8 Å². The summed E-state index contributed by atoms with van der Waals surface area (Å²) in [6.07, 6.45) is 3.20. The molecule has 0 spiro atoms. The minimum atomic E-state index is -0.427. The van der Waals surface area contributed by atoms with E-state index in [-0.39, 0.29) is 30.5 Å². The zero-order valence-electron chi connectivity index (χ0n) is 7.50. The van der Waals surface area contributed by atoms with Crippen LogP contribution in [0.2, 0.25) is 0 Å². The van der Waals surface area contributed by atoms with Crippen molar-refractivity contribution in [3.05, 3.63) is 36.4 Å². The maximum atomic E-state index is 12.8. The standard InChI is InChI=1S/C8H7FN4.2ClH/c9-7-2-1-6(5-8(7)10)13-4-3-11-12-13;;/h1-5H,10H2;2*1H. The van der Waals surface area contributed by atoms with Crippen molar-refractivity contribution in [3.63, 3.8) is 0 Å². The van der Waals surface area contributed by atoms with Crippen molar-refractivity contribution >= 4 is 30.5 Å².